The maximum Gasteiger partial charge on any atom is 0.220 e. The molecule has 2 heterocycles. The van der Waals surface area contributed by atoms with Gasteiger partial charge in [0.05, 0.1) is 17.3 Å². The Morgan fingerprint density at radius 3 is 2.50 bits per heavy atom. The van der Waals surface area contributed by atoms with Crippen LogP contribution in [0.5, 0.6) is 0 Å². The van der Waals surface area contributed by atoms with E-state index < -0.39 is 0 Å². The second-order valence-corrected chi connectivity index (χ2v) is 5.87. The van der Waals surface area contributed by atoms with Crippen LogP contribution in [0.15, 0.2) is 67.1 Å². The first-order valence-electron chi connectivity index (χ1n) is 8.35. The normalized spacial score (nSPS) is 10.1. The Bertz CT molecular complexity index is 915. The topological polar surface area (TPSA) is 78.7 Å². The fourth-order valence-corrected chi connectivity index (χ4v) is 2.56. The average Bonchev–Trinajstić information content (AvgIpc) is 2.72. The maximum atomic E-state index is 12.1. The molecule has 5 nitrogen and oxygen atoms in total. The molecular formula is C21H18N4O. The summed E-state index contributed by atoms with van der Waals surface area (Å²) in [5.41, 5.74) is 4.52. The summed E-state index contributed by atoms with van der Waals surface area (Å²) in [5, 5.41) is 11.7. The average molecular weight is 342 g/mol. The molecule has 0 fully saturated rings. The highest BCUT2D eigenvalue weighted by molar-refractivity contribution is 5.76. The van der Waals surface area contributed by atoms with Crippen molar-refractivity contribution in [1.82, 2.24) is 15.3 Å². The van der Waals surface area contributed by atoms with Gasteiger partial charge < -0.3 is 5.32 Å². The zero-order valence-corrected chi connectivity index (χ0v) is 14.2. The Kier molecular flexibility index (Phi) is 5.69. The van der Waals surface area contributed by atoms with E-state index in [-0.39, 0.29) is 5.91 Å². The van der Waals surface area contributed by atoms with Gasteiger partial charge in [0, 0.05) is 37.1 Å². The standard InChI is InChI=1S/C21H18N4O/c22-14-17-3-1-16(2-4-17)5-6-21(26)25-15-18-7-12-24-20(13-18)19-8-10-23-11-9-19/h1-4,7-13H,5-6,15H2,(H,25,26). The summed E-state index contributed by atoms with van der Waals surface area (Å²) in [6.45, 7) is 0.465. The van der Waals surface area contributed by atoms with E-state index >= 15 is 0 Å². The Hall–Kier alpha value is -3.52. The van der Waals surface area contributed by atoms with Crippen molar-refractivity contribution in [1.29, 1.82) is 5.26 Å². The number of rotatable bonds is 6. The first kappa shape index (κ1) is 17.3. The Balaban J connectivity index is 1.52. The summed E-state index contributed by atoms with van der Waals surface area (Å²) in [6.07, 6.45) is 6.27. The van der Waals surface area contributed by atoms with E-state index in [4.69, 9.17) is 5.26 Å². The van der Waals surface area contributed by atoms with Crippen LogP contribution in [0, 0.1) is 11.3 Å². The predicted octanol–water partition coefficient (Wildman–Crippen LogP) is 3.26. The summed E-state index contributed by atoms with van der Waals surface area (Å²) in [7, 11) is 0. The third-order valence-electron chi connectivity index (χ3n) is 4.01. The fraction of sp³-hybridized carbons (Fsp3) is 0.143. The van der Waals surface area contributed by atoms with Crippen LogP contribution in [0.2, 0.25) is 0 Å². The van der Waals surface area contributed by atoms with Gasteiger partial charge in [-0.1, -0.05) is 12.1 Å². The number of aryl methyl sites for hydroxylation is 1. The van der Waals surface area contributed by atoms with Crippen LogP contribution in [-0.2, 0) is 17.8 Å². The largest absolute Gasteiger partial charge is 0.352 e. The molecule has 0 unspecified atom stereocenters. The molecule has 3 aromatic rings. The summed E-state index contributed by atoms with van der Waals surface area (Å²) >= 11 is 0. The molecule has 3 rings (SSSR count). The van der Waals surface area contributed by atoms with Crippen molar-refractivity contribution in [2.75, 3.05) is 0 Å². The molecule has 0 atom stereocenters. The monoisotopic (exact) mass is 342 g/mol. The second kappa shape index (κ2) is 8.54. The minimum absolute atomic E-state index is 0.00312. The molecule has 0 spiro atoms. The number of aromatic nitrogens is 2. The van der Waals surface area contributed by atoms with Gasteiger partial charge in [0.2, 0.25) is 5.91 Å². The third kappa shape index (κ3) is 4.74. The number of carbonyl (C=O) groups is 1. The summed E-state index contributed by atoms with van der Waals surface area (Å²) in [6, 6.07) is 17.1. The van der Waals surface area contributed by atoms with Crippen molar-refractivity contribution in [2.24, 2.45) is 0 Å². The second-order valence-electron chi connectivity index (χ2n) is 5.87. The first-order valence-corrected chi connectivity index (χ1v) is 8.35. The van der Waals surface area contributed by atoms with E-state index in [1.165, 1.54) is 0 Å². The van der Waals surface area contributed by atoms with Crippen LogP contribution >= 0.6 is 0 Å². The number of amides is 1. The molecular weight excluding hydrogens is 324 g/mol. The van der Waals surface area contributed by atoms with Gasteiger partial charge >= 0.3 is 0 Å². The van der Waals surface area contributed by atoms with Gasteiger partial charge in [0.1, 0.15) is 0 Å². The number of benzene rings is 1. The van der Waals surface area contributed by atoms with Crippen molar-refractivity contribution < 1.29 is 4.79 Å². The Labute approximate surface area is 152 Å². The lowest BCUT2D eigenvalue weighted by Gasteiger charge is -2.07. The zero-order valence-electron chi connectivity index (χ0n) is 14.2. The van der Waals surface area contributed by atoms with Crippen LogP contribution in [-0.4, -0.2) is 15.9 Å². The molecule has 5 heteroatoms. The molecule has 0 saturated carbocycles. The van der Waals surface area contributed by atoms with Gasteiger partial charge in [-0.15, -0.1) is 0 Å². The highest BCUT2D eigenvalue weighted by Crippen LogP contribution is 2.16. The molecule has 2 aromatic heterocycles. The van der Waals surface area contributed by atoms with Gasteiger partial charge in [-0.2, -0.15) is 5.26 Å². The van der Waals surface area contributed by atoms with E-state index in [0.717, 1.165) is 22.4 Å². The van der Waals surface area contributed by atoms with Crippen LogP contribution in [0.4, 0.5) is 0 Å². The van der Waals surface area contributed by atoms with Crippen LogP contribution in [0.1, 0.15) is 23.1 Å². The van der Waals surface area contributed by atoms with Gasteiger partial charge in [-0.25, -0.2) is 0 Å². The van der Waals surface area contributed by atoms with Gasteiger partial charge in [0.25, 0.3) is 0 Å². The zero-order chi connectivity index (χ0) is 18.2. The van der Waals surface area contributed by atoms with Crippen LogP contribution in [0.3, 0.4) is 0 Å². The van der Waals surface area contributed by atoms with E-state index in [9.17, 15) is 4.79 Å². The van der Waals surface area contributed by atoms with E-state index in [1.54, 1.807) is 30.7 Å². The van der Waals surface area contributed by atoms with Crippen molar-refractivity contribution in [3.05, 3.63) is 83.8 Å². The molecule has 128 valence electrons. The van der Waals surface area contributed by atoms with E-state index in [1.807, 2.05) is 36.4 Å². The highest BCUT2D eigenvalue weighted by Gasteiger charge is 2.05. The third-order valence-corrected chi connectivity index (χ3v) is 4.01. The number of carbonyl (C=O) groups excluding carboxylic acids is 1. The van der Waals surface area contributed by atoms with Gasteiger partial charge in [-0.05, 0) is 53.9 Å². The molecule has 26 heavy (non-hydrogen) atoms. The first-order chi connectivity index (χ1) is 12.7. The fourth-order valence-electron chi connectivity index (χ4n) is 2.56. The molecule has 0 aliphatic heterocycles. The molecule has 0 radical (unpaired) electrons. The Morgan fingerprint density at radius 1 is 1.00 bits per heavy atom. The molecule has 0 saturated heterocycles. The van der Waals surface area contributed by atoms with Gasteiger partial charge in [0.15, 0.2) is 0 Å². The van der Waals surface area contributed by atoms with Crippen molar-refractivity contribution >= 4 is 5.91 Å². The van der Waals surface area contributed by atoms with Gasteiger partial charge in [-0.3, -0.25) is 14.8 Å². The molecule has 0 aliphatic carbocycles. The number of hydrogen-bond donors (Lipinski definition) is 1. The summed E-state index contributed by atoms with van der Waals surface area (Å²) in [4.78, 5) is 20.5. The quantitative estimate of drug-likeness (QED) is 0.746. The molecule has 0 aliphatic rings. The molecule has 1 amide bonds. The lowest BCUT2D eigenvalue weighted by atomic mass is 10.1. The predicted molar refractivity (Wildman–Crippen MR) is 98.8 cm³/mol. The molecule has 0 bridgehead atoms. The smallest absolute Gasteiger partial charge is 0.220 e. The van der Waals surface area contributed by atoms with Crippen LogP contribution < -0.4 is 5.32 Å². The van der Waals surface area contributed by atoms with Crippen LogP contribution in [0.25, 0.3) is 11.3 Å². The summed E-state index contributed by atoms with van der Waals surface area (Å²) in [5.74, 6) is -0.00312. The number of hydrogen-bond acceptors (Lipinski definition) is 4. The minimum atomic E-state index is -0.00312. The van der Waals surface area contributed by atoms with E-state index in [2.05, 4.69) is 21.4 Å². The maximum absolute atomic E-state index is 12.1. The Morgan fingerprint density at radius 2 is 1.77 bits per heavy atom. The molecule has 1 aromatic carbocycles. The number of pyridine rings is 2. The van der Waals surface area contributed by atoms with Crippen molar-refractivity contribution in [2.45, 2.75) is 19.4 Å². The van der Waals surface area contributed by atoms with E-state index in [0.29, 0.717) is 24.9 Å². The lowest BCUT2D eigenvalue weighted by molar-refractivity contribution is -0.121. The van der Waals surface area contributed by atoms with Crippen molar-refractivity contribution in [3.8, 4) is 17.3 Å². The SMILES string of the molecule is N#Cc1ccc(CCC(=O)NCc2ccnc(-c3ccncc3)c2)cc1. The minimum Gasteiger partial charge on any atom is -0.352 e. The molecule has 1 N–H and O–H groups in total. The highest BCUT2D eigenvalue weighted by atomic mass is 16.1. The number of nitrogens with one attached hydrogen (secondary N) is 1. The summed E-state index contributed by atoms with van der Waals surface area (Å²) < 4.78 is 0. The number of nitriles is 1. The lowest BCUT2D eigenvalue weighted by Crippen LogP contribution is -2.23. The van der Waals surface area contributed by atoms with Crippen molar-refractivity contribution in [3.63, 3.8) is 0 Å². The number of nitrogens with zero attached hydrogens (tertiary/aromatic N) is 3.